The summed E-state index contributed by atoms with van der Waals surface area (Å²) in [6.45, 7) is 1.87. The van der Waals surface area contributed by atoms with Crippen molar-refractivity contribution >= 4 is 5.97 Å². The van der Waals surface area contributed by atoms with Gasteiger partial charge in [0.2, 0.25) is 0 Å². The van der Waals surface area contributed by atoms with E-state index in [1.165, 1.54) is 19.3 Å². The molecule has 1 saturated heterocycles. The molecule has 0 bridgehead atoms. The fourth-order valence-electron chi connectivity index (χ4n) is 3.26. The molecule has 4 heteroatoms. The van der Waals surface area contributed by atoms with Gasteiger partial charge in [-0.05, 0) is 42.4 Å². The minimum atomic E-state index is -0.748. The highest BCUT2D eigenvalue weighted by atomic mass is 16.4. The molecule has 0 radical (unpaired) electrons. The molecule has 19 heavy (non-hydrogen) atoms. The van der Waals surface area contributed by atoms with Crippen molar-refractivity contribution in [3.8, 4) is 5.75 Å². The van der Waals surface area contributed by atoms with Gasteiger partial charge in [0.05, 0.1) is 0 Å². The first-order valence-corrected chi connectivity index (χ1v) is 6.83. The van der Waals surface area contributed by atoms with Gasteiger partial charge in [-0.3, -0.25) is 9.69 Å². The summed E-state index contributed by atoms with van der Waals surface area (Å²) in [5.41, 5.74) is 1.41. The second-order valence-corrected chi connectivity index (χ2v) is 5.98. The Morgan fingerprint density at radius 1 is 1.26 bits per heavy atom. The largest absolute Gasteiger partial charge is 0.508 e. The molecule has 1 atom stereocenters. The van der Waals surface area contributed by atoms with Crippen LogP contribution in [0.15, 0.2) is 24.3 Å². The Morgan fingerprint density at radius 2 is 1.89 bits per heavy atom. The average Bonchev–Trinajstić information content (AvgIpc) is 2.26. The second kappa shape index (κ2) is 4.53. The van der Waals surface area contributed by atoms with Gasteiger partial charge in [0.1, 0.15) is 11.8 Å². The predicted molar refractivity (Wildman–Crippen MR) is 71.1 cm³/mol. The summed E-state index contributed by atoms with van der Waals surface area (Å²) >= 11 is 0. The van der Waals surface area contributed by atoms with Crippen LogP contribution in [-0.2, 0) is 11.2 Å². The summed E-state index contributed by atoms with van der Waals surface area (Å²) < 4.78 is 0. The first-order chi connectivity index (χ1) is 9.08. The van der Waals surface area contributed by atoms with Gasteiger partial charge in [0, 0.05) is 13.1 Å². The molecule has 1 heterocycles. The van der Waals surface area contributed by atoms with E-state index in [4.69, 9.17) is 0 Å². The average molecular weight is 261 g/mol. The Hall–Kier alpha value is -1.55. The Kier molecular flexibility index (Phi) is 2.97. The quantitative estimate of drug-likeness (QED) is 0.868. The van der Waals surface area contributed by atoms with Crippen LogP contribution < -0.4 is 0 Å². The van der Waals surface area contributed by atoms with Gasteiger partial charge < -0.3 is 10.2 Å². The van der Waals surface area contributed by atoms with Crippen LogP contribution in [0.3, 0.4) is 0 Å². The molecule has 3 rings (SSSR count). The van der Waals surface area contributed by atoms with Crippen molar-refractivity contribution < 1.29 is 15.0 Å². The number of likely N-dealkylation sites (tertiary alicyclic amines) is 1. The molecule has 1 unspecified atom stereocenters. The third-order valence-electron chi connectivity index (χ3n) is 4.58. The van der Waals surface area contributed by atoms with Crippen LogP contribution in [0.1, 0.15) is 24.8 Å². The number of carboxylic acids is 1. The minimum Gasteiger partial charge on any atom is -0.508 e. The van der Waals surface area contributed by atoms with E-state index in [-0.39, 0.29) is 5.75 Å². The number of nitrogens with zero attached hydrogens (tertiary/aromatic N) is 1. The molecule has 1 aliphatic carbocycles. The lowest BCUT2D eigenvalue weighted by Gasteiger charge is -2.57. The van der Waals surface area contributed by atoms with Crippen LogP contribution in [0.25, 0.3) is 0 Å². The maximum atomic E-state index is 11.4. The Morgan fingerprint density at radius 3 is 2.37 bits per heavy atom. The molecular formula is C15H19NO3. The number of phenols is 1. The topological polar surface area (TPSA) is 60.8 Å². The van der Waals surface area contributed by atoms with E-state index in [2.05, 4.69) is 4.90 Å². The number of rotatable bonds is 4. The normalized spacial score (nSPS) is 22.5. The minimum absolute atomic E-state index is 0.216. The lowest BCUT2D eigenvalue weighted by atomic mass is 9.63. The third kappa shape index (κ3) is 2.32. The maximum Gasteiger partial charge on any atom is 0.321 e. The van der Waals surface area contributed by atoms with Crippen molar-refractivity contribution in [2.24, 2.45) is 5.41 Å². The Balaban J connectivity index is 1.65. The molecule has 2 aliphatic rings. The van der Waals surface area contributed by atoms with Crippen molar-refractivity contribution in [3.63, 3.8) is 0 Å². The summed E-state index contributed by atoms with van der Waals surface area (Å²) in [4.78, 5) is 13.5. The first-order valence-electron chi connectivity index (χ1n) is 6.83. The number of hydrogen-bond acceptors (Lipinski definition) is 3. The summed E-state index contributed by atoms with van der Waals surface area (Å²) in [6.07, 6.45) is 4.32. The predicted octanol–water partition coefficient (Wildman–Crippen LogP) is 1.87. The summed E-state index contributed by atoms with van der Waals surface area (Å²) in [7, 11) is 0. The van der Waals surface area contributed by atoms with E-state index in [9.17, 15) is 15.0 Å². The summed E-state index contributed by atoms with van der Waals surface area (Å²) in [5, 5.41) is 18.6. The number of hydrogen-bond donors (Lipinski definition) is 2. The Labute approximate surface area is 112 Å². The highest BCUT2D eigenvalue weighted by Gasteiger charge is 2.50. The van der Waals surface area contributed by atoms with Crippen LogP contribution in [0.5, 0.6) is 5.75 Å². The van der Waals surface area contributed by atoms with Crippen LogP contribution >= 0.6 is 0 Å². The highest BCUT2D eigenvalue weighted by Crippen LogP contribution is 2.48. The molecule has 2 N–H and O–H groups in total. The standard InChI is InChI=1S/C15H19NO3/c17-12-4-2-11(3-5-12)8-13(14(18)19)16-9-15(10-16)6-1-7-15/h2-5,13,17H,1,6-10H2,(H,18,19). The fraction of sp³-hybridized carbons (Fsp3) is 0.533. The van der Waals surface area contributed by atoms with Gasteiger partial charge in [0.25, 0.3) is 0 Å². The van der Waals surface area contributed by atoms with Gasteiger partial charge in [0.15, 0.2) is 0 Å². The highest BCUT2D eigenvalue weighted by molar-refractivity contribution is 5.74. The molecular weight excluding hydrogens is 242 g/mol. The molecule has 102 valence electrons. The summed E-state index contributed by atoms with van der Waals surface area (Å²) in [6, 6.07) is 6.37. The zero-order valence-corrected chi connectivity index (χ0v) is 10.9. The van der Waals surface area contributed by atoms with Crippen LogP contribution in [0.4, 0.5) is 0 Å². The van der Waals surface area contributed by atoms with E-state index in [0.29, 0.717) is 11.8 Å². The number of phenolic OH excluding ortho intramolecular Hbond substituents is 1. The third-order valence-corrected chi connectivity index (χ3v) is 4.58. The van der Waals surface area contributed by atoms with Gasteiger partial charge in [-0.2, -0.15) is 0 Å². The monoisotopic (exact) mass is 261 g/mol. The SMILES string of the molecule is O=C(O)C(Cc1ccc(O)cc1)N1CC2(CCC2)C1. The molecule has 0 aromatic heterocycles. The van der Waals surface area contributed by atoms with Crippen molar-refractivity contribution in [2.75, 3.05) is 13.1 Å². The molecule has 1 spiro atoms. The number of carboxylic acid groups (broad SMARTS) is 1. The number of carbonyl (C=O) groups is 1. The Bertz CT molecular complexity index is 471. The molecule has 1 aromatic rings. The van der Waals surface area contributed by atoms with Gasteiger partial charge in [-0.1, -0.05) is 18.6 Å². The van der Waals surface area contributed by atoms with Crippen molar-refractivity contribution in [1.29, 1.82) is 0 Å². The molecule has 0 amide bonds. The number of aliphatic carboxylic acids is 1. The van der Waals surface area contributed by atoms with Crippen molar-refractivity contribution in [3.05, 3.63) is 29.8 Å². The zero-order chi connectivity index (χ0) is 13.5. The molecule has 1 saturated carbocycles. The number of benzene rings is 1. The number of aromatic hydroxyl groups is 1. The van der Waals surface area contributed by atoms with Crippen LogP contribution in [0, 0.1) is 5.41 Å². The van der Waals surface area contributed by atoms with Crippen LogP contribution in [0.2, 0.25) is 0 Å². The maximum absolute atomic E-state index is 11.4. The molecule has 1 aliphatic heterocycles. The first kappa shape index (κ1) is 12.5. The lowest BCUT2D eigenvalue weighted by molar-refractivity contribution is -0.153. The second-order valence-electron chi connectivity index (χ2n) is 5.98. The van der Waals surface area contributed by atoms with Gasteiger partial charge in [-0.15, -0.1) is 0 Å². The fourth-order valence-corrected chi connectivity index (χ4v) is 3.26. The smallest absolute Gasteiger partial charge is 0.321 e. The molecule has 1 aromatic carbocycles. The molecule has 4 nitrogen and oxygen atoms in total. The van der Waals surface area contributed by atoms with Gasteiger partial charge in [-0.25, -0.2) is 0 Å². The molecule has 2 fully saturated rings. The van der Waals surface area contributed by atoms with E-state index in [1.54, 1.807) is 24.3 Å². The van der Waals surface area contributed by atoms with E-state index >= 15 is 0 Å². The van der Waals surface area contributed by atoms with E-state index in [1.807, 2.05) is 0 Å². The zero-order valence-electron chi connectivity index (χ0n) is 10.9. The summed E-state index contributed by atoms with van der Waals surface area (Å²) in [5.74, 6) is -0.532. The van der Waals surface area contributed by atoms with E-state index in [0.717, 1.165) is 18.7 Å². The van der Waals surface area contributed by atoms with E-state index < -0.39 is 12.0 Å². The van der Waals surface area contributed by atoms with Crippen LogP contribution in [-0.4, -0.2) is 40.2 Å². The van der Waals surface area contributed by atoms with Gasteiger partial charge >= 0.3 is 5.97 Å². The lowest BCUT2D eigenvalue weighted by Crippen LogP contribution is -2.64. The van der Waals surface area contributed by atoms with Crippen molar-refractivity contribution in [2.45, 2.75) is 31.7 Å². The van der Waals surface area contributed by atoms with Crippen molar-refractivity contribution in [1.82, 2.24) is 4.90 Å².